The Morgan fingerprint density at radius 1 is 1.20 bits per heavy atom. The number of fused-ring (bicyclic) bond motifs is 1. The molecule has 0 saturated heterocycles. The van der Waals surface area contributed by atoms with E-state index in [9.17, 15) is 9.59 Å². The number of aliphatic carboxylic acids is 1. The minimum atomic E-state index is -0.936. The molecule has 1 aliphatic heterocycles. The second kappa shape index (κ2) is 6.55. The van der Waals surface area contributed by atoms with Gasteiger partial charge in [-0.25, -0.2) is 0 Å². The fraction of sp³-hybridized carbons (Fsp3) is 0.500. The first-order valence-electron chi connectivity index (χ1n) is 7.04. The van der Waals surface area contributed by atoms with E-state index in [1.165, 1.54) is 0 Å². The van der Waals surface area contributed by atoms with Crippen molar-refractivity contribution in [3.05, 3.63) is 29.8 Å². The highest BCUT2D eigenvalue weighted by Gasteiger charge is 2.39. The van der Waals surface area contributed by atoms with Crippen LogP contribution in [0.3, 0.4) is 0 Å². The highest BCUT2D eigenvalue weighted by Crippen LogP contribution is 2.38. The van der Waals surface area contributed by atoms with E-state index in [0.29, 0.717) is 0 Å². The Kier molecular flexibility index (Phi) is 5.31. The quantitative estimate of drug-likeness (QED) is 0.922. The smallest absolute Gasteiger partial charge is 0.303 e. The molecule has 1 amide bonds. The first-order valence-corrected chi connectivity index (χ1v) is 7.04. The van der Waals surface area contributed by atoms with E-state index in [1.807, 2.05) is 52.0 Å². The number of carbonyl (C=O) groups is 2. The number of benzene rings is 1. The third-order valence-corrected chi connectivity index (χ3v) is 3.26. The van der Waals surface area contributed by atoms with E-state index >= 15 is 0 Å². The molecule has 0 saturated carbocycles. The normalized spacial score (nSPS) is 15.1. The summed E-state index contributed by atoms with van der Waals surface area (Å²) in [5, 5.41) is 8.66. The van der Waals surface area contributed by atoms with Crippen LogP contribution >= 0.6 is 0 Å². The average molecular weight is 277 g/mol. The molecule has 0 aliphatic carbocycles. The van der Waals surface area contributed by atoms with Crippen molar-refractivity contribution >= 4 is 17.6 Å². The summed E-state index contributed by atoms with van der Waals surface area (Å²) in [5.74, 6) is -1.05. The number of hydrogen-bond donors (Lipinski definition) is 1. The third kappa shape index (κ3) is 3.38. The fourth-order valence-corrected chi connectivity index (χ4v) is 2.55. The molecule has 20 heavy (non-hydrogen) atoms. The number of carboxylic acid groups (broad SMARTS) is 1. The number of anilines is 1. The standard InChI is InChI=1S/C14H17NO3.C2H6/c1-14(2)9-10-5-3-4-6-11(10)15(14)12(16)7-8-13(17)18;1-2/h3-6H,7-9H2,1-2H3,(H,17,18);1-2H3. The minimum absolute atomic E-state index is 0.0487. The van der Waals surface area contributed by atoms with Crippen molar-refractivity contribution in [2.45, 2.75) is 52.5 Å². The van der Waals surface area contributed by atoms with Gasteiger partial charge in [-0.2, -0.15) is 0 Å². The van der Waals surface area contributed by atoms with Gasteiger partial charge < -0.3 is 10.0 Å². The molecule has 4 nitrogen and oxygen atoms in total. The SMILES string of the molecule is CC.CC1(C)Cc2ccccc2N1C(=O)CCC(=O)O. The molecule has 1 aromatic rings. The Hall–Kier alpha value is -1.84. The molecule has 0 spiro atoms. The van der Waals surface area contributed by atoms with Crippen molar-refractivity contribution in [1.82, 2.24) is 0 Å². The van der Waals surface area contributed by atoms with Gasteiger partial charge in [-0.05, 0) is 31.9 Å². The molecule has 0 unspecified atom stereocenters. The summed E-state index contributed by atoms with van der Waals surface area (Å²) in [6.45, 7) is 8.01. The van der Waals surface area contributed by atoms with Crippen LogP contribution in [0.1, 0.15) is 46.1 Å². The minimum Gasteiger partial charge on any atom is -0.481 e. The Morgan fingerprint density at radius 2 is 1.80 bits per heavy atom. The van der Waals surface area contributed by atoms with Crippen LogP contribution in [-0.2, 0) is 16.0 Å². The van der Waals surface area contributed by atoms with Gasteiger partial charge in [0.15, 0.2) is 0 Å². The maximum absolute atomic E-state index is 12.2. The molecule has 1 aliphatic rings. The number of hydrogen-bond acceptors (Lipinski definition) is 2. The molecule has 0 atom stereocenters. The number of amides is 1. The molecule has 1 heterocycles. The molecular formula is C16H23NO3. The zero-order valence-electron chi connectivity index (χ0n) is 12.6. The van der Waals surface area contributed by atoms with Crippen LogP contribution in [0.5, 0.6) is 0 Å². The van der Waals surface area contributed by atoms with Gasteiger partial charge in [0.05, 0.1) is 6.42 Å². The lowest BCUT2D eigenvalue weighted by atomic mass is 9.99. The van der Waals surface area contributed by atoms with Gasteiger partial charge in [0.2, 0.25) is 5.91 Å². The van der Waals surface area contributed by atoms with Gasteiger partial charge in [-0.1, -0.05) is 32.0 Å². The molecule has 0 aromatic heterocycles. The van der Waals surface area contributed by atoms with E-state index in [-0.39, 0.29) is 24.3 Å². The zero-order valence-corrected chi connectivity index (χ0v) is 12.6. The van der Waals surface area contributed by atoms with Gasteiger partial charge in [0, 0.05) is 17.6 Å². The van der Waals surface area contributed by atoms with Crippen molar-refractivity contribution in [3.8, 4) is 0 Å². The van der Waals surface area contributed by atoms with Crippen LogP contribution in [0, 0.1) is 0 Å². The summed E-state index contributed by atoms with van der Waals surface area (Å²) in [5.41, 5.74) is 1.78. The van der Waals surface area contributed by atoms with Crippen LogP contribution in [0.15, 0.2) is 24.3 Å². The van der Waals surface area contributed by atoms with E-state index in [2.05, 4.69) is 0 Å². The largest absolute Gasteiger partial charge is 0.481 e. The lowest BCUT2D eigenvalue weighted by Crippen LogP contribution is -2.45. The van der Waals surface area contributed by atoms with Crippen molar-refractivity contribution in [1.29, 1.82) is 0 Å². The lowest BCUT2D eigenvalue weighted by molar-refractivity contribution is -0.138. The van der Waals surface area contributed by atoms with Gasteiger partial charge in [-0.3, -0.25) is 9.59 Å². The molecule has 0 bridgehead atoms. The number of nitrogens with zero attached hydrogens (tertiary/aromatic N) is 1. The van der Waals surface area contributed by atoms with E-state index in [4.69, 9.17) is 5.11 Å². The fourth-order valence-electron chi connectivity index (χ4n) is 2.55. The number of para-hydroxylation sites is 1. The third-order valence-electron chi connectivity index (χ3n) is 3.26. The Morgan fingerprint density at radius 3 is 2.40 bits per heavy atom. The predicted octanol–water partition coefficient (Wildman–Crippen LogP) is 3.25. The predicted molar refractivity (Wildman–Crippen MR) is 79.9 cm³/mol. The molecule has 1 aromatic carbocycles. The summed E-state index contributed by atoms with van der Waals surface area (Å²) in [4.78, 5) is 24.5. The first kappa shape index (κ1) is 16.2. The summed E-state index contributed by atoms with van der Waals surface area (Å²) in [7, 11) is 0. The topological polar surface area (TPSA) is 57.6 Å². The van der Waals surface area contributed by atoms with Crippen molar-refractivity contribution in [3.63, 3.8) is 0 Å². The monoisotopic (exact) mass is 277 g/mol. The molecular weight excluding hydrogens is 254 g/mol. The van der Waals surface area contributed by atoms with E-state index < -0.39 is 5.97 Å². The second-order valence-corrected chi connectivity index (χ2v) is 5.24. The van der Waals surface area contributed by atoms with Crippen molar-refractivity contribution < 1.29 is 14.7 Å². The Bertz CT molecular complexity index is 494. The van der Waals surface area contributed by atoms with Crippen LogP contribution in [0.2, 0.25) is 0 Å². The summed E-state index contributed by atoms with van der Waals surface area (Å²) >= 11 is 0. The van der Waals surface area contributed by atoms with Gasteiger partial charge >= 0.3 is 5.97 Å². The number of carbonyl (C=O) groups excluding carboxylic acids is 1. The summed E-state index contributed by atoms with van der Waals surface area (Å²) in [6.07, 6.45) is 0.739. The van der Waals surface area contributed by atoms with Crippen LogP contribution in [0.4, 0.5) is 5.69 Å². The number of carboxylic acids is 1. The molecule has 0 fully saturated rings. The molecule has 1 N–H and O–H groups in total. The maximum Gasteiger partial charge on any atom is 0.303 e. The molecule has 2 rings (SSSR count). The summed E-state index contributed by atoms with van der Waals surface area (Å²) in [6, 6.07) is 7.79. The van der Waals surface area contributed by atoms with Crippen LogP contribution in [0.25, 0.3) is 0 Å². The first-order chi connectivity index (χ1) is 9.42. The Labute approximate surface area is 120 Å². The highest BCUT2D eigenvalue weighted by atomic mass is 16.4. The van der Waals surface area contributed by atoms with Crippen molar-refractivity contribution in [2.24, 2.45) is 0 Å². The maximum atomic E-state index is 12.2. The second-order valence-electron chi connectivity index (χ2n) is 5.24. The highest BCUT2D eigenvalue weighted by molar-refractivity contribution is 5.98. The molecule has 4 heteroatoms. The average Bonchev–Trinajstić information content (AvgIpc) is 2.68. The molecule has 0 radical (unpaired) electrons. The molecule has 110 valence electrons. The van der Waals surface area contributed by atoms with Crippen LogP contribution in [-0.4, -0.2) is 22.5 Å². The van der Waals surface area contributed by atoms with Crippen LogP contribution < -0.4 is 4.90 Å². The van der Waals surface area contributed by atoms with E-state index in [0.717, 1.165) is 17.7 Å². The number of rotatable bonds is 3. The van der Waals surface area contributed by atoms with E-state index in [1.54, 1.807) is 4.90 Å². The van der Waals surface area contributed by atoms with Gasteiger partial charge in [0.1, 0.15) is 0 Å². The van der Waals surface area contributed by atoms with Gasteiger partial charge in [-0.15, -0.1) is 0 Å². The van der Waals surface area contributed by atoms with Crippen molar-refractivity contribution in [2.75, 3.05) is 4.90 Å². The van der Waals surface area contributed by atoms with Gasteiger partial charge in [0.25, 0.3) is 0 Å². The Balaban J connectivity index is 0.000000956. The summed E-state index contributed by atoms with van der Waals surface area (Å²) < 4.78 is 0. The lowest BCUT2D eigenvalue weighted by Gasteiger charge is -2.32. The zero-order chi connectivity index (χ0) is 15.3.